The SMILES string of the molecule is O=C1C=C(Br)C(=O)C2=C1C(c1ccc(O)cc1)C1=CCC3C(=O)N(Cc4ccccc4)C(=O)C3C1C2. The maximum atomic E-state index is 13.7. The lowest BCUT2D eigenvalue weighted by atomic mass is 9.59. The van der Waals surface area contributed by atoms with Crippen LogP contribution in [0.2, 0.25) is 0 Å². The van der Waals surface area contributed by atoms with E-state index >= 15 is 0 Å². The van der Waals surface area contributed by atoms with Crippen LogP contribution in [-0.2, 0) is 25.7 Å². The van der Waals surface area contributed by atoms with E-state index in [-0.39, 0.29) is 52.5 Å². The number of halogens is 1. The van der Waals surface area contributed by atoms with Crippen LogP contribution in [0.15, 0.2) is 88.0 Å². The molecule has 0 spiro atoms. The second-order valence-electron chi connectivity index (χ2n) is 9.73. The van der Waals surface area contributed by atoms with Crippen LogP contribution in [0.1, 0.15) is 29.9 Å². The fraction of sp³-hybridized carbons (Fsp3) is 0.241. The smallest absolute Gasteiger partial charge is 0.234 e. The molecule has 180 valence electrons. The van der Waals surface area contributed by atoms with Gasteiger partial charge in [-0.2, -0.15) is 0 Å². The fourth-order valence-electron chi connectivity index (χ4n) is 6.24. The number of benzene rings is 2. The van der Waals surface area contributed by atoms with Crippen LogP contribution in [0.4, 0.5) is 0 Å². The lowest BCUT2D eigenvalue weighted by Crippen LogP contribution is -2.39. The minimum atomic E-state index is -0.581. The van der Waals surface area contributed by atoms with Crippen molar-refractivity contribution >= 4 is 39.3 Å². The molecule has 1 heterocycles. The summed E-state index contributed by atoms with van der Waals surface area (Å²) in [7, 11) is 0. The number of allylic oxidation sites excluding steroid dienone is 6. The second-order valence-corrected chi connectivity index (χ2v) is 10.6. The van der Waals surface area contributed by atoms with E-state index in [1.807, 2.05) is 36.4 Å². The van der Waals surface area contributed by atoms with E-state index in [0.717, 1.165) is 16.7 Å². The third-order valence-electron chi connectivity index (χ3n) is 7.83. The molecule has 1 saturated heterocycles. The van der Waals surface area contributed by atoms with Gasteiger partial charge in [-0.3, -0.25) is 24.1 Å². The van der Waals surface area contributed by atoms with Crippen molar-refractivity contribution in [1.29, 1.82) is 0 Å². The van der Waals surface area contributed by atoms with Crippen LogP contribution in [0.5, 0.6) is 5.75 Å². The first-order valence-electron chi connectivity index (χ1n) is 11.9. The molecule has 2 aromatic rings. The van der Waals surface area contributed by atoms with Gasteiger partial charge in [0.05, 0.1) is 22.9 Å². The van der Waals surface area contributed by atoms with Gasteiger partial charge in [0.1, 0.15) is 5.75 Å². The minimum Gasteiger partial charge on any atom is -0.508 e. The van der Waals surface area contributed by atoms with Crippen LogP contribution in [0.25, 0.3) is 0 Å². The van der Waals surface area contributed by atoms with Crippen molar-refractivity contribution in [2.24, 2.45) is 17.8 Å². The number of ketones is 2. The molecule has 0 bridgehead atoms. The van der Waals surface area contributed by atoms with Crippen molar-refractivity contribution < 1.29 is 24.3 Å². The lowest BCUT2D eigenvalue weighted by Gasteiger charge is -2.42. The van der Waals surface area contributed by atoms with Gasteiger partial charge in [0.15, 0.2) is 11.6 Å². The number of aromatic hydroxyl groups is 1. The van der Waals surface area contributed by atoms with Crippen molar-refractivity contribution in [3.8, 4) is 5.75 Å². The Balaban J connectivity index is 1.44. The normalized spacial score (nSPS) is 27.4. The number of nitrogens with zero attached hydrogens (tertiary/aromatic N) is 1. The Labute approximate surface area is 216 Å². The van der Waals surface area contributed by atoms with Gasteiger partial charge in [0.2, 0.25) is 11.8 Å². The molecule has 2 aromatic carbocycles. The highest BCUT2D eigenvalue weighted by molar-refractivity contribution is 9.12. The summed E-state index contributed by atoms with van der Waals surface area (Å²) in [5, 5.41) is 9.83. The first kappa shape index (κ1) is 22.9. The zero-order valence-electron chi connectivity index (χ0n) is 19.2. The summed E-state index contributed by atoms with van der Waals surface area (Å²) in [6, 6.07) is 16.0. The van der Waals surface area contributed by atoms with Crippen LogP contribution in [0, 0.1) is 17.8 Å². The van der Waals surface area contributed by atoms with Gasteiger partial charge in [-0.15, -0.1) is 0 Å². The molecule has 6 nitrogen and oxygen atoms in total. The number of fused-ring (bicyclic) bond motifs is 3. The second kappa shape index (κ2) is 8.52. The number of hydrogen-bond acceptors (Lipinski definition) is 5. The summed E-state index contributed by atoms with van der Waals surface area (Å²) in [5.41, 5.74) is 3.37. The Morgan fingerprint density at radius 2 is 1.64 bits per heavy atom. The molecule has 0 radical (unpaired) electrons. The van der Waals surface area contributed by atoms with Gasteiger partial charge >= 0.3 is 0 Å². The van der Waals surface area contributed by atoms with Gasteiger partial charge in [0, 0.05) is 23.1 Å². The molecule has 0 saturated carbocycles. The molecule has 6 rings (SSSR count). The highest BCUT2D eigenvalue weighted by atomic mass is 79.9. The van der Waals surface area contributed by atoms with Crippen molar-refractivity contribution in [2.75, 3.05) is 0 Å². The van der Waals surface area contributed by atoms with E-state index in [4.69, 9.17) is 0 Å². The summed E-state index contributed by atoms with van der Waals surface area (Å²) < 4.78 is 0.204. The van der Waals surface area contributed by atoms with Gasteiger partial charge in [-0.05, 0) is 57.9 Å². The maximum Gasteiger partial charge on any atom is 0.234 e. The van der Waals surface area contributed by atoms with Crippen molar-refractivity contribution in [2.45, 2.75) is 25.3 Å². The van der Waals surface area contributed by atoms with E-state index in [1.165, 1.54) is 11.0 Å². The summed E-state index contributed by atoms with van der Waals surface area (Å²) in [6.07, 6.45) is 3.95. The zero-order valence-corrected chi connectivity index (χ0v) is 20.8. The van der Waals surface area contributed by atoms with Crippen molar-refractivity contribution in [3.63, 3.8) is 0 Å². The Kier molecular flexibility index (Phi) is 5.41. The van der Waals surface area contributed by atoms with Crippen LogP contribution < -0.4 is 0 Å². The number of carbonyl (C=O) groups is 4. The van der Waals surface area contributed by atoms with Crippen molar-refractivity contribution in [1.82, 2.24) is 4.90 Å². The quantitative estimate of drug-likeness (QED) is 0.353. The number of phenols is 1. The standard InChI is InChI=1S/C29H22BrNO5/c30-22-13-23(33)26-21(27(22)34)12-20-18(24(26)16-6-8-17(32)9-7-16)10-11-19-25(20)29(36)31(28(19)35)14-15-4-2-1-3-5-15/h1-10,13,19-20,24-25,32H,11-12,14H2. The molecular formula is C29H22BrNO5. The maximum absolute atomic E-state index is 13.7. The van der Waals surface area contributed by atoms with Crippen molar-refractivity contribution in [3.05, 3.63) is 99.1 Å². The zero-order chi connectivity index (χ0) is 25.1. The number of phenolic OH excluding ortho intramolecular Hbond substituents is 1. The number of amides is 2. The average Bonchev–Trinajstić information content (AvgIpc) is 3.12. The predicted molar refractivity (Wildman–Crippen MR) is 135 cm³/mol. The molecule has 1 fully saturated rings. The molecule has 4 aliphatic rings. The number of carbonyl (C=O) groups excluding carboxylic acids is 4. The Morgan fingerprint density at radius 3 is 2.36 bits per heavy atom. The molecular weight excluding hydrogens is 522 g/mol. The highest BCUT2D eigenvalue weighted by Gasteiger charge is 2.56. The van der Waals surface area contributed by atoms with E-state index in [9.17, 15) is 24.3 Å². The molecule has 1 aliphatic heterocycles. The highest BCUT2D eigenvalue weighted by Crippen LogP contribution is 2.55. The number of rotatable bonds is 3. The first-order chi connectivity index (χ1) is 17.3. The van der Waals surface area contributed by atoms with Gasteiger partial charge in [-0.25, -0.2) is 0 Å². The molecule has 1 N–H and O–H groups in total. The van der Waals surface area contributed by atoms with Gasteiger partial charge in [0.25, 0.3) is 0 Å². The van der Waals surface area contributed by atoms with E-state index in [2.05, 4.69) is 15.9 Å². The molecule has 4 unspecified atom stereocenters. The predicted octanol–water partition coefficient (Wildman–Crippen LogP) is 4.35. The number of Topliss-reactive ketones (excluding diaryl/α,β-unsaturated/α-hetero) is 1. The number of hydrogen-bond donors (Lipinski definition) is 1. The topological polar surface area (TPSA) is 91.8 Å². The number of imide groups is 1. The summed E-state index contributed by atoms with van der Waals surface area (Å²) in [5.74, 6) is -2.75. The first-order valence-corrected chi connectivity index (χ1v) is 12.7. The Morgan fingerprint density at radius 1 is 0.917 bits per heavy atom. The third-order valence-corrected chi connectivity index (χ3v) is 8.42. The molecule has 0 aromatic heterocycles. The van der Waals surface area contributed by atoms with Crippen LogP contribution in [0.3, 0.4) is 0 Å². The summed E-state index contributed by atoms with van der Waals surface area (Å²) >= 11 is 3.23. The molecule has 4 atom stereocenters. The van der Waals surface area contributed by atoms with Gasteiger partial charge < -0.3 is 5.11 Å². The molecule has 7 heteroatoms. The fourth-order valence-corrected chi connectivity index (χ4v) is 6.69. The Hall–Kier alpha value is -3.58. The summed E-state index contributed by atoms with van der Waals surface area (Å²) in [4.78, 5) is 54.8. The van der Waals surface area contributed by atoms with E-state index in [0.29, 0.717) is 17.6 Å². The largest absolute Gasteiger partial charge is 0.508 e. The number of likely N-dealkylation sites (tertiary alicyclic amines) is 1. The van der Waals surface area contributed by atoms with E-state index in [1.54, 1.807) is 24.3 Å². The monoisotopic (exact) mass is 543 g/mol. The third kappa shape index (κ3) is 3.45. The summed E-state index contributed by atoms with van der Waals surface area (Å²) in [6.45, 7) is 0.217. The van der Waals surface area contributed by atoms with E-state index < -0.39 is 17.8 Å². The average molecular weight is 544 g/mol. The Bertz CT molecular complexity index is 1420. The van der Waals surface area contributed by atoms with Crippen LogP contribution >= 0.6 is 15.9 Å². The molecule has 3 aliphatic carbocycles. The van der Waals surface area contributed by atoms with Crippen LogP contribution in [-0.4, -0.2) is 33.4 Å². The van der Waals surface area contributed by atoms with Gasteiger partial charge in [-0.1, -0.05) is 54.1 Å². The molecule has 36 heavy (non-hydrogen) atoms. The molecule has 2 amide bonds. The minimum absolute atomic E-state index is 0.0970. The lowest BCUT2D eigenvalue weighted by molar-refractivity contribution is -0.140.